The first kappa shape index (κ1) is 9.30. The number of hydrogen-bond donors (Lipinski definition) is 1. The molecule has 1 aliphatic rings. The molecule has 0 atom stereocenters. The smallest absolute Gasteiger partial charge is 0.241 e. The SMILES string of the molecule is CC1(/C=C/C(N)=O)CCCCC1. The van der Waals surface area contributed by atoms with Crippen molar-refractivity contribution in [2.75, 3.05) is 0 Å². The van der Waals surface area contributed by atoms with Crippen molar-refractivity contribution in [1.29, 1.82) is 0 Å². The highest BCUT2D eigenvalue weighted by Crippen LogP contribution is 2.36. The summed E-state index contributed by atoms with van der Waals surface area (Å²) in [5.74, 6) is -0.332. The fraction of sp³-hybridized carbons (Fsp3) is 0.700. The van der Waals surface area contributed by atoms with Gasteiger partial charge < -0.3 is 5.73 Å². The molecule has 1 fully saturated rings. The third-order valence-corrected chi connectivity index (χ3v) is 2.65. The van der Waals surface area contributed by atoms with Crippen LogP contribution in [0.2, 0.25) is 0 Å². The second-order valence-electron chi connectivity index (χ2n) is 3.95. The maximum absolute atomic E-state index is 10.5. The molecule has 2 N–H and O–H groups in total. The van der Waals surface area contributed by atoms with Gasteiger partial charge in [-0.05, 0) is 24.3 Å². The Morgan fingerprint density at radius 1 is 1.33 bits per heavy atom. The summed E-state index contributed by atoms with van der Waals surface area (Å²) in [5, 5.41) is 0. The summed E-state index contributed by atoms with van der Waals surface area (Å²) in [4.78, 5) is 10.5. The lowest BCUT2D eigenvalue weighted by atomic mass is 9.75. The van der Waals surface area contributed by atoms with Crippen LogP contribution in [0.25, 0.3) is 0 Å². The Morgan fingerprint density at radius 2 is 1.92 bits per heavy atom. The van der Waals surface area contributed by atoms with Gasteiger partial charge in [-0.25, -0.2) is 0 Å². The van der Waals surface area contributed by atoms with E-state index in [9.17, 15) is 4.79 Å². The number of allylic oxidation sites excluding steroid dienone is 1. The zero-order valence-corrected chi connectivity index (χ0v) is 7.68. The van der Waals surface area contributed by atoms with Crippen LogP contribution in [0.4, 0.5) is 0 Å². The molecular weight excluding hydrogens is 150 g/mol. The fourth-order valence-electron chi connectivity index (χ4n) is 1.81. The van der Waals surface area contributed by atoms with E-state index in [0.717, 1.165) is 0 Å². The number of nitrogens with two attached hydrogens (primary N) is 1. The summed E-state index contributed by atoms with van der Waals surface area (Å²) in [5.41, 5.74) is 5.27. The van der Waals surface area contributed by atoms with Crippen molar-refractivity contribution in [3.8, 4) is 0 Å². The monoisotopic (exact) mass is 167 g/mol. The molecular formula is C10H17NO. The molecule has 0 aromatic heterocycles. The summed E-state index contributed by atoms with van der Waals surface area (Å²) >= 11 is 0. The van der Waals surface area contributed by atoms with E-state index in [1.165, 1.54) is 38.2 Å². The Morgan fingerprint density at radius 3 is 2.42 bits per heavy atom. The van der Waals surface area contributed by atoms with Gasteiger partial charge in [0.05, 0.1) is 0 Å². The van der Waals surface area contributed by atoms with Crippen molar-refractivity contribution in [2.24, 2.45) is 11.1 Å². The summed E-state index contributed by atoms with van der Waals surface area (Å²) in [6.07, 6.45) is 9.76. The lowest BCUT2D eigenvalue weighted by Gasteiger charge is -2.30. The third-order valence-electron chi connectivity index (χ3n) is 2.65. The highest BCUT2D eigenvalue weighted by atomic mass is 16.1. The van der Waals surface area contributed by atoms with Gasteiger partial charge in [0.15, 0.2) is 0 Å². The molecule has 0 heterocycles. The quantitative estimate of drug-likeness (QED) is 0.628. The molecule has 68 valence electrons. The van der Waals surface area contributed by atoms with Gasteiger partial charge in [-0.15, -0.1) is 0 Å². The molecule has 0 bridgehead atoms. The molecule has 1 aliphatic carbocycles. The minimum atomic E-state index is -0.332. The molecule has 0 spiro atoms. The van der Waals surface area contributed by atoms with Crippen molar-refractivity contribution in [3.63, 3.8) is 0 Å². The molecule has 0 saturated heterocycles. The normalized spacial score (nSPS) is 22.8. The first-order chi connectivity index (χ1) is 5.62. The molecule has 0 radical (unpaired) electrons. The molecule has 1 saturated carbocycles. The predicted molar refractivity (Wildman–Crippen MR) is 49.5 cm³/mol. The fourth-order valence-corrected chi connectivity index (χ4v) is 1.81. The van der Waals surface area contributed by atoms with Crippen LogP contribution in [-0.2, 0) is 4.79 Å². The molecule has 0 aromatic rings. The van der Waals surface area contributed by atoms with E-state index in [1.54, 1.807) is 0 Å². The first-order valence-corrected chi connectivity index (χ1v) is 4.61. The summed E-state index contributed by atoms with van der Waals surface area (Å²) in [6, 6.07) is 0. The van der Waals surface area contributed by atoms with Crippen LogP contribution >= 0.6 is 0 Å². The average molecular weight is 167 g/mol. The van der Waals surface area contributed by atoms with E-state index in [0.29, 0.717) is 0 Å². The second kappa shape index (κ2) is 3.74. The van der Waals surface area contributed by atoms with Gasteiger partial charge in [-0.3, -0.25) is 4.79 Å². The van der Waals surface area contributed by atoms with Crippen molar-refractivity contribution in [2.45, 2.75) is 39.0 Å². The Balaban J connectivity index is 2.52. The maximum atomic E-state index is 10.5. The number of hydrogen-bond acceptors (Lipinski definition) is 1. The largest absolute Gasteiger partial charge is 0.366 e. The lowest BCUT2D eigenvalue weighted by molar-refractivity contribution is -0.113. The molecule has 1 amide bonds. The van der Waals surface area contributed by atoms with E-state index < -0.39 is 0 Å². The molecule has 0 aliphatic heterocycles. The highest BCUT2D eigenvalue weighted by Gasteiger charge is 2.23. The van der Waals surface area contributed by atoms with Crippen LogP contribution in [0.3, 0.4) is 0 Å². The van der Waals surface area contributed by atoms with Crippen LogP contribution in [-0.4, -0.2) is 5.91 Å². The Kier molecular flexibility index (Phi) is 2.90. The topological polar surface area (TPSA) is 43.1 Å². The number of primary amides is 1. The Bertz CT molecular complexity index is 190. The molecule has 12 heavy (non-hydrogen) atoms. The van der Waals surface area contributed by atoms with Gasteiger partial charge in [0.1, 0.15) is 0 Å². The van der Waals surface area contributed by atoms with E-state index in [1.807, 2.05) is 6.08 Å². The van der Waals surface area contributed by atoms with E-state index in [-0.39, 0.29) is 11.3 Å². The van der Waals surface area contributed by atoms with Gasteiger partial charge >= 0.3 is 0 Å². The number of carbonyl (C=O) groups is 1. The minimum Gasteiger partial charge on any atom is -0.366 e. The molecule has 1 rings (SSSR count). The maximum Gasteiger partial charge on any atom is 0.241 e. The summed E-state index contributed by atoms with van der Waals surface area (Å²) in [6.45, 7) is 2.20. The second-order valence-corrected chi connectivity index (χ2v) is 3.95. The zero-order valence-electron chi connectivity index (χ0n) is 7.68. The number of rotatable bonds is 2. The minimum absolute atomic E-state index is 0.229. The number of amides is 1. The van der Waals surface area contributed by atoms with Crippen LogP contribution in [0.5, 0.6) is 0 Å². The highest BCUT2D eigenvalue weighted by molar-refractivity contribution is 5.85. The molecule has 2 heteroatoms. The van der Waals surface area contributed by atoms with Gasteiger partial charge in [-0.1, -0.05) is 32.3 Å². The van der Waals surface area contributed by atoms with Crippen LogP contribution < -0.4 is 5.73 Å². The van der Waals surface area contributed by atoms with Crippen LogP contribution in [0.1, 0.15) is 39.0 Å². The van der Waals surface area contributed by atoms with Gasteiger partial charge in [0.25, 0.3) is 0 Å². The Labute approximate surface area is 73.8 Å². The van der Waals surface area contributed by atoms with Crippen molar-refractivity contribution >= 4 is 5.91 Å². The summed E-state index contributed by atoms with van der Waals surface area (Å²) < 4.78 is 0. The third kappa shape index (κ3) is 2.68. The van der Waals surface area contributed by atoms with E-state index >= 15 is 0 Å². The van der Waals surface area contributed by atoms with E-state index in [2.05, 4.69) is 6.92 Å². The van der Waals surface area contributed by atoms with Crippen LogP contribution in [0, 0.1) is 5.41 Å². The van der Waals surface area contributed by atoms with Gasteiger partial charge in [-0.2, -0.15) is 0 Å². The predicted octanol–water partition coefficient (Wildman–Crippen LogP) is 2.00. The van der Waals surface area contributed by atoms with Crippen molar-refractivity contribution < 1.29 is 4.79 Å². The van der Waals surface area contributed by atoms with E-state index in [4.69, 9.17) is 5.73 Å². The molecule has 0 aromatic carbocycles. The van der Waals surface area contributed by atoms with Crippen molar-refractivity contribution in [3.05, 3.63) is 12.2 Å². The number of carbonyl (C=O) groups excluding carboxylic acids is 1. The average Bonchev–Trinajstić information content (AvgIpc) is 2.03. The van der Waals surface area contributed by atoms with Gasteiger partial charge in [0.2, 0.25) is 5.91 Å². The zero-order chi connectivity index (χ0) is 9.03. The van der Waals surface area contributed by atoms with Gasteiger partial charge in [0, 0.05) is 0 Å². The van der Waals surface area contributed by atoms with Crippen molar-refractivity contribution in [1.82, 2.24) is 0 Å². The van der Waals surface area contributed by atoms with Crippen LogP contribution in [0.15, 0.2) is 12.2 Å². The summed E-state index contributed by atoms with van der Waals surface area (Å²) in [7, 11) is 0. The first-order valence-electron chi connectivity index (χ1n) is 4.61. The molecule has 2 nitrogen and oxygen atoms in total. The molecule has 0 unspecified atom stereocenters. The lowest BCUT2D eigenvalue weighted by Crippen LogP contribution is -2.18. The standard InChI is InChI=1S/C10H17NO/c1-10(8-5-9(11)12)6-3-2-4-7-10/h5,8H,2-4,6-7H2,1H3,(H2,11,12)/b8-5+. The Hall–Kier alpha value is -0.790.